The molecule has 2 saturated carbocycles. The summed E-state index contributed by atoms with van der Waals surface area (Å²) in [4.78, 5) is 10.3. The molecule has 0 aliphatic heterocycles. The quantitative estimate of drug-likeness (QED) is 0.411. The van der Waals surface area contributed by atoms with E-state index in [-0.39, 0.29) is 16.4 Å². The molecule has 0 aromatic carbocycles. The molecule has 1 spiro atoms. The second-order valence-corrected chi connectivity index (χ2v) is 3.56. The van der Waals surface area contributed by atoms with Crippen LogP contribution in [0.1, 0.15) is 32.1 Å². The van der Waals surface area contributed by atoms with Crippen LogP contribution in [-0.4, -0.2) is 11.0 Å². The molecular weight excluding hydrogens is 130 g/mol. The van der Waals surface area contributed by atoms with Crippen molar-refractivity contribution in [3.05, 3.63) is 10.1 Å². The molecular formula is C7H11NO2. The largest absolute Gasteiger partial charge is 0.264 e. The van der Waals surface area contributed by atoms with E-state index < -0.39 is 0 Å². The van der Waals surface area contributed by atoms with Crippen LogP contribution >= 0.6 is 0 Å². The summed E-state index contributed by atoms with van der Waals surface area (Å²) >= 11 is 0. The van der Waals surface area contributed by atoms with Gasteiger partial charge in [0.15, 0.2) is 0 Å². The third-order valence-corrected chi connectivity index (χ3v) is 3.23. The smallest absolute Gasteiger partial charge is 0.218 e. The van der Waals surface area contributed by atoms with Crippen LogP contribution in [0.5, 0.6) is 0 Å². The summed E-state index contributed by atoms with van der Waals surface area (Å²) in [6.45, 7) is 0. The van der Waals surface area contributed by atoms with Gasteiger partial charge in [-0.2, -0.15) is 0 Å². The monoisotopic (exact) mass is 141 g/mol. The molecule has 0 N–H and O–H groups in total. The fraction of sp³-hybridized carbons (Fsp3) is 1.00. The minimum Gasteiger partial charge on any atom is -0.264 e. The molecule has 10 heavy (non-hydrogen) atoms. The first-order chi connectivity index (χ1) is 4.75. The molecule has 0 amide bonds. The first-order valence-electron chi connectivity index (χ1n) is 3.88. The van der Waals surface area contributed by atoms with Crippen LogP contribution in [0.3, 0.4) is 0 Å². The molecule has 3 heteroatoms. The van der Waals surface area contributed by atoms with Gasteiger partial charge in [0.25, 0.3) is 0 Å². The summed E-state index contributed by atoms with van der Waals surface area (Å²) < 4.78 is 0. The van der Waals surface area contributed by atoms with E-state index in [0.29, 0.717) is 0 Å². The zero-order valence-electron chi connectivity index (χ0n) is 5.88. The molecule has 3 nitrogen and oxygen atoms in total. The minimum absolute atomic E-state index is 0.0807. The summed E-state index contributed by atoms with van der Waals surface area (Å²) in [5.74, 6) is 0. The molecule has 1 atom stereocenters. The Morgan fingerprint density at radius 3 is 2.20 bits per heavy atom. The highest BCUT2D eigenvalue weighted by atomic mass is 16.6. The number of rotatable bonds is 1. The molecule has 2 aliphatic carbocycles. The highest BCUT2D eigenvalue weighted by Gasteiger charge is 2.57. The van der Waals surface area contributed by atoms with Crippen molar-refractivity contribution in [1.82, 2.24) is 0 Å². The number of nitro groups is 1. The zero-order chi connectivity index (χ0) is 7.19. The van der Waals surface area contributed by atoms with Crippen LogP contribution in [-0.2, 0) is 0 Å². The number of hydrogen-bond acceptors (Lipinski definition) is 2. The van der Waals surface area contributed by atoms with E-state index in [0.717, 1.165) is 25.7 Å². The minimum atomic E-state index is -0.179. The molecule has 0 aromatic heterocycles. The third kappa shape index (κ3) is 0.554. The maximum absolute atomic E-state index is 10.4. The van der Waals surface area contributed by atoms with Crippen LogP contribution in [0.25, 0.3) is 0 Å². The Hall–Kier alpha value is -0.600. The predicted molar refractivity (Wildman–Crippen MR) is 36.3 cm³/mol. The van der Waals surface area contributed by atoms with Crippen molar-refractivity contribution in [2.75, 3.05) is 0 Å². The number of nitrogens with zero attached hydrogens (tertiary/aromatic N) is 1. The first-order valence-corrected chi connectivity index (χ1v) is 3.88. The van der Waals surface area contributed by atoms with E-state index in [9.17, 15) is 10.1 Å². The van der Waals surface area contributed by atoms with Crippen molar-refractivity contribution in [3.8, 4) is 0 Å². The van der Waals surface area contributed by atoms with Gasteiger partial charge in [0.05, 0.1) is 0 Å². The van der Waals surface area contributed by atoms with Gasteiger partial charge >= 0.3 is 0 Å². The fourth-order valence-electron chi connectivity index (χ4n) is 2.22. The Labute approximate surface area is 59.6 Å². The van der Waals surface area contributed by atoms with Crippen molar-refractivity contribution < 1.29 is 4.92 Å². The summed E-state index contributed by atoms with van der Waals surface area (Å²) in [5.41, 5.74) is 0.184. The Bertz CT molecular complexity index is 169. The number of hydrogen-bond donors (Lipinski definition) is 0. The Morgan fingerprint density at radius 1 is 1.40 bits per heavy atom. The molecule has 1 unspecified atom stereocenters. The molecule has 2 aliphatic rings. The van der Waals surface area contributed by atoms with E-state index in [2.05, 4.69) is 0 Å². The molecule has 2 fully saturated rings. The van der Waals surface area contributed by atoms with Gasteiger partial charge in [-0.15, -0.1) is 0 Å². The summed E-state index contributed by atoms with van der Waals surface area (Å²) in [5, 5.41) is 10.4. The highest BCUT2D eigenvalue weighted by Crippen LogP contribution is 2.56. The Morgan fingerprint density at radius 2 is 2.10 bits per heavy atom. The SMILES string of the molecule is O=[N+]([O-])C1CCC12CCC2. The van der Waals surface area contributed by atoms with Crippen molar-refractivity contribution in [2.24, 2.45) is 5.41 Å². The van der Waals surface area contributed by atoms with Crippen LogP contribution in [0, 0.1) is 15.5 Å². The summed E-state index contributed by atoms with van der Waals surface area (Å²) in [6, 6.07) is -0.179. The van der Waals surface area contributed by atoms with Gasteiger partial charge in [0.1, 0.15) is 0 Å². The van der Waals surface area contributed by atoms with E-state index in [4.69, 9.17) is 0 Å². The van der Waals surface area contributed by atoms with Gasteiger partial charge < -0.3 is 0 Å². The van der Waals surface area contributed by atoms with Crippen LogP contribution < -0.4 is 0 Å². The van der Waals surface area contributed by atoms with Crippen LogP contribution in [0.2, 0.25) is 0 Å². The van der Waals surface area contributed by atoms with Gasteiger partial charge in [-0.3, -0.25) is 10.1 Å². The second kappa shape index (κ2) is 1.71. The average Bonchev–Trinajstić information content (AvgIpc) is 1.53. The lowest BCUT2D eigenvalue weighted by atomic mass is 9.53. The molecule has 0 heterocycles. The van der Waals surface area contributed by atoms with Crippen molar-refractivity contribution >= 4 is 0 Å². The Balaban J connectivity index is 2.05. The standard InChI is InChI=1S/C7H11NO2/c9-8(10)6-2-5-7(6)3-1-4-7/h6H,1-5H2. The van der Waals surface area contributed by atoms with Gasteiger partial charge in [-0.05, 0) is 19.3 Å². The summed E-state index contributed by atoms with van der Waals surface area (Å²) in [6.07, 6.45) is 5.37. The second-order valence-electron chi connectivity index (χ2n) is 3.56. The normalized spacial score (nSPS) is 34.6. The average molecular weight is 141 g/mol. The van der Waals surface area contributed by atoms with E-state index in [1.165, 1.54) is 6.42 Å². The molecule has 0 saturated heterocycles. The van der Waals surface area contributed by atoms with Gasteiger partial charge in [0.2, 0.25) is 6.04 Å². The maximum atomic E-state index is 10.4. The van der Waals surface area contributed by atoms with E-state index in [1.54, 1.807) is 0 Å². The Kier molecular flexibility index (Phi) is 1.05. The maximum Gasteiger partial charge on any atom is 0.218 e. The van der Waals surface area contributed by atoms with Gasteiger partial charge in [-0.1, -0.05) is 6.42 Å². The topological polar surface area (TPSA) is 43.1 Å². The lowest BCUT2D eigenvalue weighted by Gasteiger charge is -2.50. The van der Waals surface area contributed by atoms with Crippen LogP contribution in [0.15, 0.2) is 0 Å². The zero-order valence-corrected chi connectivity index (χ0v) is 5.88. The van der Waals surface area contributed by atoms with E-state index in [1.807, 2.05) is 0 Å². The van der Waals surface area contributed by atoms with Crippen molar-refractivity contribution in [1.29, 1.82) is 0 Å². The van der Waals surface area contributed by atoms with Crippen LogP contribution in [0.4, 0.5) is 0 Å². The lowest BCUT2D eigenvalue weighted by molar-refractivity contribution is -0.566. The lowest BCUT2D eigenvalue weighted by Crippen LogP contribution is -2.53. The summed E-state index contributed by atoms with van der Waals surface area (Å²) in [7, 11) is 0. The molecule has 2 rings (SSSR count). The van der Waals surface area contributed by atoms with E-state index >= 15 is 0 Å². The van der Waals surface area contributed by atoms with Crippen molar-refractivity contribution in [3.63, 3.8) is 0 Å². The fourth-order valence-corrected chi connectivity index (χ4v) is 2.22. The molecule has 0 radical (unpaired) electrons. The predicted octanol–water partition coefficient (Wildman–Crippen LogP) is 1.60. The van der Waals surface area contributed by atoms with Crippen molar-refractivity contribution in [2.45, 2.75) is 38.1 Å². The highest BCUT2D eigenvalue weighted by molar-refractivity contribution is 5.01. The van der Waals surface area contributed by atoms with Gasteiger partial charge in [0, 0.05) is 16.8 Å². The molecule has 56 valence electrons. The van der Waals surface area contributed by atoms with Gasteiger partial charge in [-0.25, -0.2) is 0 Å². The third-order valence-electron chi connectivity index (χ3n) is 3.23. The molecule has 0 aromatic rings. The first kappa shape index (κ1) is 6.13. The molecule has 0 bridgehead atoms.